The molecule has 0 aliphatic carbocycles. The van der Waals surface area contributed by atoms with Crippen LogP contribution in [0, 0.1) is 0 Å². The molecule has 1 amide bonds. The zero-order valence-electron chi connectivity index (χ0n) is 12.1. The number of carboxylic acids is 1. The summed E-state index contributed by atoms with van der Waals surface area (Å²) in [4.78, 5) is 33.7. The van der Waals surface area contributed by atoms with Crippen LogP contribution in [0.5, 0.6) is 0 Å². The molecule has 20 heavy (non-hydrogen) atoms. The Morgan fingerprint density at radius 2 is 1.75 bits per heavy atom. The third-order valence-electron chi connectivity index (χ3n) is 2.12. The molecule has 0 aromatic carbocycles. The molecule has 0 spiro atoms. The number of esters is 1. The molecule has 0 aliphatic rings. The number of carbonyl (C=O) groups is 3. The zero-order chi connectivity index (χ0) is 16.0. The van der Waals surface area contributed by atoms with Crippen molar-refractivity contribution in [2.24, 2.45) is 0 Å². The van der Waals surface area contributed by atoms with E-state index in [-0.39, 0.29) is 13.2 Å². The average Bonchev–Trinajstić information content (AvgIpc) is 2.26. The predicted octanol–water partition coefficient (Wildman–Crippen LogP) is 0.280. The second kappa shape index (κ2) is 7.09. The fraction of sp³-hybridized carbons (Fsp3) is 0.750. The van der Waals surface area contributed by atoms with Crippen molar-refractivity contribution in [2.75, 3.05) is 13.2 Å². The van der Waals surface area contributed by atoms with Gasteiger partial charge in [0.1, 0.15) is 5.60 Å². The fourth-order valence-corrected chi connectivity index (χ4v) is 1.21. The van der Waals surface area contributed by atoms with Crippen molar-refractivity contribution in [3.8, 4) is 0 Å². The summed E-state index contributed by atoms with van der Waals surface area (Å²) >= 11 is 0. The van der Waals surface area contributed by atoms with Crippen LogP contribution in [-0.4, -0.2) is 52.6 Å². The molecule has 3 N–H and O–H groups in total. The Labute approximate surface area is 117 Å². The molecule has 0 fully saturated rings. The van der Waals surface area contributed by atoms with E-state index in [9.17, 15) is 19.5 Å². The molecule has 0 heterocycles. The molecule has 0 radical (unpaired) electrons. The van der Waals surface area contributed by atoms with Crippen LogP contribution >= 0.6 is 0 Å². The highest BCUT2D eigenvalue weighted by Gasteiger charge is 2.45. The smallest absolute Gasteiger partial charge is 0.407 e. The van der Waals surface area contributed by atoms with Crippen LogP contribution in [0.2, 0.25) is 0 Å². The molecule has 0 saturated carbocycles. The predicted molar refractivity (Wildman–Crippen MR) is 68.1 cm³/mol. The second-order valence-corrected chi connectivity index (χ2v) is 5.06. The Morgan fingerprint density at radius 1 is 1.20 bits per heavy atom. The van der Waals surface area contributed by atoms with Crippen LogP contribution in [0.3, 0.4) is 0 Å². The maximum Gasteiger partial charge on any atom is 0.407 e. The van der Waals surface area contributed by atoms with Crippen LogP contribution in [-0.2, 0) is 19.1 Å². The molecule has 0 rings (SSSR count). The lowest BCUT2D eigenvalue weighted by molar-refractivity contribution is -0.180. The van der Waals surface area contributed by atoms with E-state index in [4.69, 9.17) is 9.84 Å². The lowest BCUT2D eigenvalue weighted by Crippen LogP contribution is -2.50. The van der Waals surface area contributed by atoms with Gasteiger partial charge in [-0.3, -0.25) is 0 Å². The van der Waals surface area contributed by atoms with Gasteiger partial charge >= 0.3 is 18.0 Å². The number of nitrogens with one attached hydrogen (secondary N) is 1. The van der Waals surface area contributed by atoms with Gasteiger partial charge in [0.15, 0.2) is 0 Å². The Kier molecular flexibility index (Phi) is 6.44. The van der Waals surface area contributed by atoms with Crippen LogP contribution in [0.1, 0.15) is 34.1 Å². The summed E-state index contributed by atoms with van der Waals surface area (Å²) < 4.78 is 9.42. The minimum absolute atomic E-state index is 0.0616. The van der Waals surface area contributed by atoms with Gasteiger partial charge in [0.2, 0.25) is 0 Å². The van der Waals surface area contributed by atoms with E-state index in [1.54, 1.807) is 20.8 Å². The molecule has 0 saturated heterocycles. The summed E-state index contributed by atoms with van der Waals surface area (Å²) in [5.41, 5.74) is -3.39. The van der Waals surface area contributed by atoms with Gasteiger partial charge in [-0.25, -0.2) is 14.4 Å². The van der Waals surface area contributed by atoms with E-state index in [1.165, 1.54) is 6.92 Å². The van der Waals surface area contributed by atoms with Crippen molar-refractivity contribution >= 4 is 18.0 Å². The number of aliphatic hydroxyl groups is 1. The van der Waals surface area contributed by atoms with Gasteiger partial charge in [-0.15, -0.1) is 0 Å². The first-order valence-electron chi connectivity index (χ1n) is 6.12. The van der Waals surface area contributed by atoms with Gasteiger partial charge in [0.25, 0.3) is 5.60 Å². The number of ether oxygens (including phenoxy) is 2. The SMILES string of the molecule is CCOC(=O)C(O)(CCNC(=O)OC(C)(C)C)C(=O)O. The standard InChI is InChI=1S/C12H21NO7/c1-5-19-9(16)12(18,8(14)15)6-7-13-10(17)20-11(2,3)4/h18H,5-7H2,1-4H3,(H,13,17)(H,14,15). The van der Waals surface area contributed by atoms with E-state index >= 15 is 0 Å². The van der Waals surface area contributed by atoms with Crippen LogP contribution in [0.15, 0.2) is 0 Å². The van der Waals surface area contributed by atoms with Crippen molar-refractivity contribution in [2.45, 2.75) is 45.3 Å². The second-order valence-electron chi connectivity index (χ2n) is 5.06. The van der Waals surface area contributed by atoms with Crippen molar-refractivity contribution < 1.29 is 34.1 Å². The van der Waals surface area contributed by atoms with E-state index in [1.807, 2.05) is 0 Å². The first-order valence-corrected chi connectivity index (χ1v) is 6.12. The number of hydrogen-bond donors (Lipinski definition) is 3. The molecular formula is C12H21NO7. The van der Waals surface area contributed by atoms with E-state index in [0.29, 0.717) is 0 Å². The van der Waals surface area contributed by atoms with Gasteiger partial charge in [0.05, 0.1) is 6.61 Å². The van der Waals surface area contributed by atoms with Crippen molar-refractivity contribution in [3.05, 3.63) is 0 Å². The van der Waals surface area contributed by atoms with Gasteiger partial charge < -0.3 is 25.0 Å². The molecular weight excluding hydrogens is 270 g/mol. The van der Waals surface area contributed by atoms with Crippen LogP contribution < -0.4 is 5.32 Å². The number of rotatable bonds is 6. The molecule has 0 aromatic rings. The van der Waals surface area contributed by atoms with Crippen molar-refractivity contribution in [3.63, 3.8) is 0 Å². The minimum atomic E-state index is -2.69. The van der Waals surface area contributed by atoms with Crippen molar-refractivity contribution in [1.82, 2.24) is 5.32 Å². The number of carbonyl (C=O) groups excluding carboxylic acids is 2. The monoisotopic (exact) mass is 291 g/mol. The minimum Gasteiger partial charge on any atom is -0.479 e. The molecule has 0 bridgehead atoms. The van der Waals surface area contributed by atoms with E-state index in [2.05, 4.69) is 10.1 Å². The van der Waals surface area contributed by atoms with Crippen molar-refractivity contribution in [1.29, 1.82) is 0 Å². The Balaban J connectivity index is 4.47. The lowest BCUT2D eigenvalue weighted by atomic mass is 10.0. The highest BCUT2D eigenvalue weighted by molar-refractivity contribution is 6.02. The quantitative estimate of drug-likeness (QED) is 0.474. The summed E-state index contributed by atoms with van der Waals surface area (Å²) in [7, 11) is 0. The van der Waals surface area contributed by atoms with Gasteiger partial charge in [0, 0.05) is 13.0 Å². The largest absolute Gasteiger partial charge is 0.479 e. The molecule has 8 heteroatoms. The number of amides is 1. The van der Waals surface area contributed by atoms with Crippen LogP contribution in [0.4, 0.5) is 4.79 Å². The highest BCUT2D eigenvalue weighted by atomic mass is 16.6. The first-order chi connectivity index (χ1) is 9.03. The highest BCUT2D eigenvalue weighted by Crippen LogP contribution is 2.13. The molecule has 116 valence electrons. The maximum absolute atomic E-state index is 11.4. The molecule has 8 nitrogen and oxygen atoms in total. The lowest BCUT2D eigenvalue weighted by Gasteiger charge is -2.22. The number of aliphatic carboxylic acids is 1. The Morgan fingerprint density at radius 3 is 2.15 bits per heavy atom. The van der Waals surface area contributed by atoms with E-state index < -0.39 is 35.7 Å². The van der Waals surface area contributed by atoms with Gasteiger partial charge in [-0.05, 0) is 27.7 Å². The zero-order valence-corrected chi connectivity index (χ0v) is 12.1. The third kappa shape index (κ3) is 5.87. The fourth-order valence-electron chi connectivity index (χ4n) is 1.21. The summed E-state index contributed by atoms with van der Waals surface area (Å²) in [6.07, 6.45) is -1.30. The summed E-state index contributed by atoms with van der Waals surface area (Å²) in [6, 6.07) is 0. The molecule has 1 atom stereocenters. The number of hydrogen-bond acceptors (Lipinski definition) is 6. The normalized spacial score (nSPS) is 14.1. The number of carboxylic acid groups (broad SMARTS) is 1. The summed E-state index contributed by atoms with van der Waals surface area (Å²) in [5, 5.41) is 20.9. The average molecular weight is 291 g/mol. The first kappa shape index (κ1) is 18.2. The molecule has 0 aromatic heterocycles. The summed E-state index contributed by atoms with van der Waals surface area (Å²) in [6.45, 7) is 6.17. The third-order valence-corrected chi connectivity index (χ3v) is 2.12. The summed E-state index contributed by atoms with van der Waals surface area (Å²) in [5.74, 6) is -3.00. The Bertz CT molecular complexity index is 374. The molecule has 1 unspecified atom stereocenters. The van der Waals surface area contributed by atoms with E-state index in [0.717, 1.165) is 0 Å². The Hall–Kier alpha value is -1.83. The van der Waals surface area contributed by atoms with Gasteiger partial charge in [-0.2, -0.15) is 0 Å². The topological polar surface area (TPSA) is 122 Å². The van der Waals surface area contributed by atoms with Crippen LogP contribution in [0.25, 0.3) is 0 Å². The maximum atomic E-state index is 11.4. The van der Waals surface area contributed by atoms with Gasteiger partial charge in [-0.1, -0.05) is 0 Å². The molecule has 0 aliphatic heterocycles. The number of alkyl carbamates (subject to hydrolysis) is 1.